The summed E-state index contributed by atoms with van der Waals surface area (Å²) in [4.78, 5) is 30.4. The van der Waals surface area contributed by atoms with Crippen molar-refractivity contribution in [3.8, 4) is 5.75 Å². The van der Waals surface area contributed by atoms with Gasteiger partial charge in [0, 0.05) is 27.3 Å². The molecule has 1 aliphatic heterocycles. The van der Waals surface area contributed by atoms with Crippen molar-refractivity contribution in [2.45, 2.75) is 13.3 Å². The smallest absolute Gasteiger partial charge is 0.282 e. The van der Waals surface area contributed by atoms with Gasteiger partial charge in [-0.3, -0.25) is 9.59 Å². The molecule has 1 aliphatic rings. The van der Waals surface area contributed by atoms with Gasteiger partial charge in [0.05, 0.1) is 31.1 Å². The summed E-state index contributed by atoms with van der Waals surface area (Å²) in [6, 6.07) is 12.5. The molecule has 1 heterocycles. The minimum atomic E-state index is -0.492. The number of carbonyl (C=O) groups excluding carboxylic acids is 2. The van der Waals surface area contributed by atoms with E-state index >= 15 is 0 Å². The Kier molecular flexibility index (Phi) is 8.57. The summed E-state index contributed by atoms with van der Waals surface area (Å²) in [5.74, 6) is -0.947. The molecule has 0 N–H and O–H groups in total. The number of para-hydroxylation sites is 2. The number of methoxy groups -OCH3 is 2. The molecule has 0 bridgehead atoms. The first kappa shape index (κ1) is 24.4. The van der Waals surface area contributed by atoms with Crippen LogP contribution >= 0.6 is 0 Å². The second kappa shape index (κ2) is 11.6. The van der Waals surface area contributed by atoms with Crippen molar-refractivity contribution in [3.63, 3.8) is 0 Å². The van der Waals surface area contributed by atoms with Crippen LogP contribution in [0.15, 0.2) is 54.2 Å². The van der Waals surface area contributed by atoms with E-state index in [1.807, 2.05) is 6.92 Å². The molecule has 2 aromatic carbocycles. The number of ether oxygens (including phenoxy) is 3. The topological polar surface area (TPSA) is 68.3 Å². The maximum absolute atomic E-state index is 13.8. The van der Waals surface area contributed by atoms with Crippen LogP contribution in [0.25, 0.3) is 5.57 Å². The number of hydrogen-bond acceptors (Lipinski definition) is 6. The molecule has 2 aromatic rings. The Labute approximate surface area is 193 Å². The monoisotopic (exact) mass is 456 g/mol. The van der Waals surface area contributed by atoms with Crippen molar-refractivity contribution >= 4 is 23.1 Å². The molecule has 2 amide bonds. The highest BCUT2D eigenvalue weighted by Gasteiger charge is 2.43. The van der Waals surface area contributed by atoms with Gasteiger partial charge in [-0.2, -0.15) is 0 Å². The standard InChI is InChI=1S/C25H29FN2O5/c1-4-15-33-21-8-6-5-7-20(21)28-24(29)22(18-9-11-19(26)12-10-18)23(25(28)30)27(13-16-31-2)14-17-32-3/h5-12H,4,13-17H2,1-3H3. The second-order valence-electron chi connectivity index (χ2n) is 7.47. The molecule has 33 heavy (non-hydrogen) atoms. The number of nitrogens with zero attached hydrogens (tertiary/aromatic N) is 2. The third kappa shape index (κ3) is 5.40. The Hall–Kier alpha value is -3.23. The molecule has 3 rings (SSSR count). The highest BCUT2D eigenvalue weighted by atomic mass is 19.1. The van der Waals surface area contributed by atoms with Gasteiger partial charge in [0.25, 0.3) is 11.8 Å². The average molecular weight is 457 g/mol. The summed E-state index contributed by atoms with van der Waals surface area (Å²) < 4.78 is 29.9. The minimum absolute atomic E-state index is 0.206. The number of amides is 2. The number of benzene rings is 2. The van der Waals surface area contributed by atoms with Gasteiger partial charge in [-0.15, -0.1) is 0 Å². The fourth-order valence-electron chi connectivity index (χ4n) is 3.62. The number of halogens is 1. The molecule has 8 heteroatoms. The van der Waals surface area contributed by atoms with Crippen LogP contribution in [-0.4, -0.2) is 63.8 Å². The molecule has 7 nitrogen and oxygen atoms in total. The normalized spacial score (nSPS) is 13.8. The molecule has 0 saturated heterocycles. The van der Waals surface area contributed by atoms with E-state index in [0.717, 1.165) is 11.3 Å². The van der Waals surface area contributed by atoms with E-state index in [0.29, 0.717) is 49.9 Å². The molecule has 0 radical (unpaired) electrons. The summed E-state index contributed by atoms with van der Waals surface area (Å²) in [5, 5.41) is 0. The summed E-state index contributed by atoms with van der Waals surface area (Å²) in [7, 11) is 3.14. The van der Waals surface area contributed by atoms with Gasteiger partial charge in [-0.1, -0.05) is 31.2 Å². The predicted molar refractivity (Wildman–Crippen MR) is 123 cm³/mol. The Bertz CT molecular complexity index is 998. The summed E-state index contributed by atoms with van der Waals surface area (Å²) in [5.41, 5.74) is 1.26. The maximum Gasteiger partial charge on any atom is 0.282 e. The van der Waals surface area contributed by atoms with Gasteiger partial charge < -0.3 is 19.1 Å². The Morgan fingerprint density at radius 3 is 2.12 bits per heavy atom. The van der Waals surface area contributed by atoms with Gasteiger partial charge in [0.1, 0.15) is 17.3 Å². The van der Waals surface area contributed by atoms with Crippen molar-refractivity contribution in [2.24, 2.45) is 0 Å². The van der Waals surface area contributed by atoms with Crippen molar-refractivity contribution in [3.05, 3.63) is 65.6 Å². The highest BCUT2D eigenvalue weighted by Crippen LogP contribution is 2.38. The van der Waals surface area contributed by atoms with Crippen molar-refractivity contribution in [2.75, 3.05) is 52.0 Å². The number of rotatable bonds is 12. The molecule has 0 spiro atoms. The van der Waals surface area contributed by atoms with Crippen molar-refractivity contribution < 1.29 is 28.2 Å². The van der Waals surface area contributed by atoms with Crippen LogP contribution in [0.4, 0.5) is 10.1 Å². The highest BCUT2D eigenvalue weighted by molar-refractivity contribution is 6.45. The molecule has 0 aromatic heterocycles. The first-order valence-electron chi connectivity index (χ1n) is 10.9. The lowest BCUT2D eigenvalue weighted by atomic mass is 10.0. The molecular formula is C25H29FN2O5. The maximum atomic E-state index is 13.8. The summed E-state index contributed by atoms with van der Waals surface area (Å²) >= 11 is 0. The van der Waals surface area contributed by atoms with Crippen LogP contribution in [-0.2, 0) is 19.1 Å². The fourth-order valence-corrected chi connectivity index (χ4v) is 3.62. The van der Waals surface area contributed by atoms with E-state index in [1.54, 1.807) is 43.4 Å². The third-order valence-corrected chi connectivity index (χ3v) is 5.21. The Morgan fingerprint density at radius 2 is 1.52 bits per heavy atom. The third-order valence-electron chi connectivity index (χ3n) is 5.21. The zero-order chi connectivity index (χ0) is 23.8. The van der Waals surface area contributed by atoms with Crippen molar-refractivity contribution in [1.29, 1.82) is 0 Å². The number of carbonyl (C=O) groups is 2. The van der Waals surface area contributed by atoms with E-state index in [-0.39, 0.29) is 11.3 Å². The molecule has 0 aliphatic carbocycles. The lowest BCUT2D eigenvalue weighted by molar-refractivity contribution is -0.120. The zero-order valence-corrected chi connectivity index (χ0v) is 19.2. The van der Waals surface area contributed by atoms with Gasteiger partial charge in [0.15, 0.2) is 0 Å². The van der Waals surface area contributed by atoms with E-state index in [9.17, 15) is 14.0 Å². The first-order chi connectivity index (χ1) is 16.0. The molecular weight excluding hydrogens is 427 g/mol. The van der Waals surface area contributed by atoms with E-state index in [4.69, 9.17) is 14.2 Å². The SMILES string of the molecule is CCCOc1ccccc1N1C(=O)C(c2ccc(F)cc2)=C(N(CCOC)CCOC)C1=O. The van der Waals surface area contributed by atoms with Gasteiger partial charge in [0.2, 0.25) is 0 Å². The minimum Gasteiger partial charge on any atom is -0.491 e. The number of hydrogen-bond donors (Lipinski definition) is 0. The first-order valence-corrected chi connectivity index (χ1v) is 10.9. The number of imide groups is 1. The van der Waals surface area contributed by atoms with Crippen LogP contribution in [0.1, 0.15) is 18.9 Å². The average Bonchev–Trinajstić information content (AvgIpc) is 3.08. The van der Waals surface area contributed by atoms with E-state index in [2.05, 4.69) is 0 Å². The van der Waals surface area contributed by atoms with E-state index < -0.39 is 17.6 Å². The van der Waals surface area contributed by atoms with Crippen molar-refractivity contribution in [1.82, 2.24) is 4.90 Å². The molecule has 0 atom stereocenters. The van der Waals surface area contributed by atoms with Gasteiger partial charge in [-0.25, -0.2) is 9.29 Å². The summed E-state index contributed by atoms with van der Waals surface area (Å²) in [6.45, 7) is 3.88. The Morgan fingerprint density at radius 1 is 0.879 bits per heavy atom. The van der Waals surface area contributed by atoms with Gasteiger partial charge >= 0.3 is 0 Å². The lowest BCUT2D eigenvalue weighted by Crippen LogP contribution is -2.37. The predicted octanol–water partition coefficient (Wildman–Crippen LogP) is 3.49. The Balaban J connectivity index is 2.12. The fraction of sp³-hybridized carbons (Fsp3) is 0.360. The molecule has 0 fully saturated rings. The molecule has 0 unspecified atom stereocenters. The lowest BCUT2D eigenvalue weighted by Gasteiger charge is -2.26. The van der Waals surface area contributed by atoms with E-state index in [1.165, 1.54) is 24.3 Å². The van der Waals surface area contributed by atoms with Crippen LogP contribution < -0.4 is 9.64 Å². The quantitative estimate of drug-likeness (QED) is 0.456. The zero-order valence-electron chi connectivity index (χ0n) is 19.2. The largest absolute Gasteiger partial charge is 0.491 e. The summed E-state index contributed by atoms with van der Waals surface area (Å²) in [6.07, 6.45) is 0.780. The van der Waals surface area contributed by atoms with Crippen LogP contribution in [0, 0.1) is 5.82 Å². The molecule has 0 saturated carbocycles. The second-order valence-corrected chi connectivity index (χ2v) is 7.47. The van der Waals surface area contributed by atoms with Crippen LogP contribution in [0.3, 0.4) is 0 Å². The number of anilines is 1. The van der Waals surface area contributed by atoms with Crippen LogP contribution in [0.5, 0.6) is 5.75 Å². The molecule has 176 valence electrons. The van der Waals surface area contributed by atoms with Crippen LogP contribution in [0.2, 0.25) is 0 Å². The van der Waals surface area contributed by atoms with Gasteiger partial charge in [-0.05, 0) is 36.2 Å².